The van der Waals surface area contributed by atoms with Gasteiger partial charge in [-0.25, -0.2) is 13.4 Å². The van der Waals surface area contributed by atoms with Crippen LogP contribution in [0.15, 0.2) is 35.2 Å². The molecular formula is C18H23N3O3S2. The van der Waals surface area contributed by atoms with Gasteiger partial charge in [0.1, 0.15) is 0 Å². The Morgan fingerprint density at radius 2 is 1.81 bits per heavy atom. The number of aromatic nitrogens is 1. The third-order valence-corrected chi connectivity index (χ3v) is 6.98. The molecule has 0 spiro atoms. The summed E-state index contributed by atoms with van der Waals surface area (Å²) in [5, 5.41) is 3.30. The maximum absolute atomic E-state index is 12.4. The minimum Gasteiger partial charge on any atom is -0.301 e. The summed E-state index contributed by atoms with van der Waals surface area (Å²) in [6, 6.07) is 7.12. The van der Waals surface area contributed by atoms with Gasteiger partial charge in [0.2, 0.25) is 15.9 Å². The smallest absolute Gasteiger partial charge is 0.244 e. The molecule has 0 saturated heterocycles. The molecule has 8 heteroatoms. The highest BCUT2D eigenvalue weighted by Gasteiger charge is 2.23. The van der Waals surface area contributed by atoms with Crippen molar-refractivity contribution in [2.75, 3.05) is 5.32 Å². The first-order chi connectivity index (χ1) is 12.5. The number of thiazole rings is 1. The van der Waals surface area contributed by atoms with Gasteiger partial charge in [0.25, 0.3) is 0 Å². The summed E-state index contributed by atoms with van der Waals surface area (Å²) in [4.78, 5) is 18.3. The van der Waals surface area contributed by atoms with Crippen LogP contribution in [0.25, 0.3) is 0 Å². The van der Waals surface area contributed by atoms with Crippen molar-refractivity contribution in [3.05, 3.63) is 40.9 Å². The number of carbonyl (C=O) groups is 1. The van der Waals surface area contributed by atoms with Gasteiger partial charge < -0.3 is 5.32 Å². The fraction of sp³-hybridized carbons (Fsp3) is 0.444. The van der Waals surface area contributed by atoms with Crippen LogP contribution in [0.5, 0.6) is 0 Å². The first kappa shape index (κ1) is 19.0. The van der Waals surface area contributed by atoms with Gasteiger partial charge in [0.15, 0.2) is 5.13 Å². The summed E-state index contributed by atoms with van der Waals surface area (Å²) in [6.45, 7) is 1.53. The first-order valence-corrected chi connectivity index (χ1v) is 11.1. The number of carbonyl (C=O) groups excluding carboxylic acids is 1. The van der Waals surface area contributed by atoms with Crippen LogP contribution in [0.4, 0.5) is 5.13 Å². The number of rotatable bonds is 5. The summed E-state index contributed by atoms with van der Waals surface area (Å²) in [5.41, 5.74) is 1.07. The molecule has 1 aliphatic rings. The van der Waals surface area contributed by atoms with E-state index in [0.717, 1.165) is 31.4 Å². The average molecular weight is 394 g/mol. The molecule has 3 rings (SSSR count). The van der Waals surface area contributed by atoms with Crippen LogP contribution in [0.1, 0.15) is 43.2 Å². The van der Waals surface area contributed by atoms with Gasteiger partial charge in [-0.15, -0.1) is 11.3 Å². The van der Waals surface area contributed by atoms with Crippen molar-refractivity contribution < 1.29 is 13.2 Å². The van der Waals surface area contributed by atoms with Gasteiger partial charge >= 0.3 is 0 Å². The topological polar surface area (TPSA) is 88.2 Å². The van der Waals surface area contributed by atoms with Crippen molar-refractivity contribution in [1.29, 1.82) is 0 Å². The molecule has 0 unspecified atom stereocenters. The van der Waals surface area contributed by atoms with E-state index in [1.807, 2.05) is 0 Å². The molecule has 0 bridgehead atoms. The van der Waals surface area contributed by atoms with E-state index in [1.54, 1.807) is 18.2 Å². The number of amides is 1. The third kappa shape index (κ3) is 4.69. The van der Waals surface area contributed by atoms with Crippen LogP contribution in [0.3, 0.4) is 0 Å². The van der Waals surface area contributed by atoms with E-state index >= 15 is 0 Å². The maximum Gasteiger partial charge on any atom is 0.244 e. The fourth-order valence-corrected chi connectivity index (χ4v) is 5.20. The number of hydrogen-bond donors (Lipinski definition) is 2. The molecule has 0 aliphatic heterocycles. The lowest BCUT2D eigenvalue weighted by molar-refractivity contribution is -0.117. The molecule has 2 N–H and O–H groups in total. The van der Waals surface area contributed by atoms with Crippen LogP contribution in [0.2, 0.25) is 0 Å². The Labute approximate surface area is 158 Å². The molecular weight excluding hydrogens is 370 g/mol. The van der Waals surface area contributed by atoms with E-state index in [4.69, 9.17) is 0 Å². The highest BCUT2D eigenvalue weighted by molar-refractivity contribution is 7.89. The molecule has 0 fully saturated rings. The number of benzene rings is 1. The van der Waals surface area contributed by atoms with Crippen molar-refractivity contribution in [2.24, 2.45) is 0 Å². The lowest BCUT2D eigenvalue weighted by atomic mass is 10.0. The number of fused-ring (bicyclic) bond motifs is 1. The monoisotopic (exact) mass is 393 g/mol. The molecule has 140 valence electrons. The van der Waals surface area contributed by atoms with Crippen LogP contribution < -0.4 is 10.0 Å². The third-order valence-electron chi connectivity index (χ3n) is 4.35. The number of hydrogen-bond acceptors (Lipinski definition) is 5. The van der Waals surface area contributed by atoms with Crippen molar-refractivity contribution in [1.82, 2.24) is 9.71 Å². The Bertz CT molecular complexity index is 838. The Hall–Kier alpha value is -1.77. The average Bonchev–Trinajstić information content (AvgIpc) is 2.96. The molecule has 1 aromatic heterocycles. The van der Waals surface area contributed by atoms with Crippen LogP contribution in [0, 0.1) is 0 Å². The molecule has 2 aromatic rings. The number of nitrogens with one attached hydrogen (secondary N) is 2. The molecule has 6 nitrogen and oxygen atoms in total. The summed E-state index contributed by atoms with van der Waals surface area (Å²) < 4.78 is 27.1. The largest absolute Gasteiger partial charge is 0.301 e. The summed E-state index contributed by atoms with van der Waals surface area (Å²) in [7, 11) is -3.74. The Morgan fingerprint density at radius 1 is 1.12 bits per heavy atom. The van der Waals surface area contributed by atoms with Gasteiger partial charge in [-0.3, -0.25) is 4.79 Å². The quantitative estimate of drug-likeness (QED) is 0.817. The van der Waals surface area contributed by atoms with Gasteiger partial charge in [-0.2, -0.15) is 4.72 Å². The van der Waals surface area contributed by atoms with Gasteiger partial charge in [-0.1, -0.05) is 31.0 Å². The van der Waals surface area contributed by atoms with Gasteiger partial charge in [0.05, 0.1) is 16.6 Å². The van der Waals surface area contributed by atoms with E-state index in [0.29, 0.717) is 5.13 Å². The number of nitrogens with zero attached hydrogens (tertiary/aromatic N) is 1. The zero-order valence-electron chi connectivity index (χ0n) is 14.7. The lowest BCUT2D eigenvalue weighted by Crippen LogP contribution is -2.41. The Balaban J connectivity index is 1.65. The van der Waals surface area contributed by atoms with E-state index in [2.05, 4.69) is 15.0 Å². The molecule has 1 aromatic carbocycles. The van der Waals surface area contributed by atoms with Crippen molar-refractivity contribution in [2.45, 2.75) is 56.4 Å². The molecule has 1 atom stereocenters. The molecule has 1 heterocycles. The Morgan fingerprint density at radius 3 is 2.54 bits per heavy atom. The molecule has 1 amide bonds. The molecule has 26 heavy (non-hydrogen) atoms. The summed E-state index contributed by atoms with van der Waals surface area (Å²) in [5.74, 6) is -0.411. The van der Waals surface area contributed by atoms with Gasteiger partial charge in [0, 0.05) is 4.88 Å². The van der Waals surface area contributed by atoms with Crippen LogP contribution in [-0.4, -0.2) is 25.4 Å². The normalized spacial score (nSPS) is 16.2. The minimum absolute atomic E-state index is 0.136. The highest BCUT2D eigenvalue weighted by atomic mass is 32.2. The maximum atomic E-state index is 12.4. The Kier molecular flexibility index (Phi) is 6.05. The predicted octanol–water partition coefficient (Wildman–Crippen LogP) is 3.11. The van der Waals surface area contributed by atoms with Crippen molar-refractivity contribution in [3.8, 4) is 0 Å². The molecule has 1 aliphatic carbocycles. The standard InChI is InChI=1S/C18H23N3O3S2/c1-13(21-26(23,24)14-9-5-4-6-10-14)17(22)20-18-19-15-11-7-2-3-8-12-16(15)25-18/h4-6,9-10,13,21H,2-3,7-8,11-12H2,1H3,(H,19,20,22)/t13-/m0/s1. The summed E-state index contributed by atoms with van der Waals surface area (Å²) >= 11 is 1.50. The van der Waals surface area contributed by atoms with Crippen LogP contribution in [-0.2, 0) is 27.7 Å². The van der Waals surface area contributed by atoms with Crippen molar-refractivity contribution in [3.63, 3.8) is 0 Å². The second kappa shape index (κ2) is 8.28. The zero-order chi connectivity index (χ0) is 18.6. The van der Waals surface area contributed by atoms with E-state index in [1.165, 1.54) is 48.1 Å². The number of anilines is 1. The number of aryl methyl sites for hydroxylation is 2. The second-order valence-electron chi connectivity index (χ2n) is 6.45. The predicted molar refractivity (Wildman–Crippen MR) is 103 cm³/mol. The van der Waals surface area contributed by atoms with Crippen molar-refractivity contribution >= 4 is 32.4 Å². The van der Waals surface area contributed by atoms with Gasteiger partial charge in [-0.05, 0) is 44.7 Å². The number of sulfonamides is 1. The lowest BCUT2D eigenvalue weighted by Gasteiger charge is -2.13. The van der Waals surface area contributed by atoms with E-state index in [9.17, 15) is 13.2 Å². The molecule has 0 saturated carbocycles. The van der Waals surface area contributed by atoms with Crippen LogP contribution >= 0.6 is 11.3 Å². The first-order valence-electron chi connectivity index (χ1n) is 8.82. The fourth-order valence-electron chi connectivity index (χ4n) is 2.93. The van der Waals surface area contributed by atoms with E-state index in [-0.39, 0.29) is 4.90 Å². The van der Waals surface area contributed by atoms with E-state index < -0.39 is 22.0 Å². The zero-order valence-corrected chi connectivity index (χ0v) is 16.3. The minimum atomic E-state index is -3.74. The summed E-state index contributed by atoms with van der Waals surface area (Å²) in [6.07, 6.45) is 6.67. The highest BCUT2D eigenvalue weighted by Crippen LogP contribution is 2.28. The molecule has 0 radical (unpaired) electrons. The second-order valence-corrected chi connectivity index (χ2v) is 9.25. The SMILES string of the molecule is C[C@H](NS(=O)(=O)c1ccccc1)C(=O)Nc1nc2c(s1)CCCCCC2.